The Morgan fingerprint density at radius 1 is 0.970 bits per heavy atom. The Hall–Kier alpha value is -3.97. The lowest BCUT2D eigenvalue weighted by molar-refractivity contribution is -0.132. The van der Waals surface area contributed by atoms with Crippen LogP contribution in [0.3, 0.4) is 0 Å². The molecule has 0 spiro atoms. The highest BCUT2D eigenvalue weighted by molar-refractivity contribution is 6.52. The average Bonchev–Trinajstić information content (AvgIpc) is 3.09. The summed E-state index contributed by atoms with van der Waals surface area (Å²) in [4.78, 5) is 27.5. The van der Waals surface area contributed by atoms with Crippen LogP contribution in [0.5, 0.6) is 17.2 Å². The number of aromatic hydroxyl groups is 1. The molecule has 8 heteroatoms. The zero-order valence-corrected chi connectivity index (χ0v) is 18.5. The zero-order chi connectivity index (χ0) is 23.7. The summed E-state index contributed by atoms with van der Waals surface area (Å²) in [7, 11) is 2.96. The van der Waals surface area contributed by atoms with Crippen LogP contribution >= 0.6 is 11.6 Å². The number of hydrogen-bond acceptors (Lipinski definition) is 6. The first-order valence-electron chi connectivity index (χ1n) is 9.94. The van der Waals surface area contributed by atoms with Crippen molar-refractivity contribution in [1.82, 2.24) is 0 Å². The number of benzene rings is 3. The van der Waals surface area contributed by atoms with E-state index in [1.165, 1.54) is 43.4 Å². The van der Waals surface area contributed by atoms with E-state index in [1.807, 2.05) is 0 Å². The van der Waals surface area contributed by atoms with E-state index in [0.717, 1.165) is 0 Å². The largest absolute Gasteiger partial charge is 0.507 e. The van der Waals surface area contributed by atoms with Crippen molar-refractivity contribution in [3.63, 3.8) is 0 Å². The highest BCUT2D eigenvalue weighted by Gasteiger charge is 2.47. The smallest absolute Gasteiger partial charge is 0.300 e. The lowest BCUT2D eigenvalue weighted by atomic mass is 9.95. The number of nitrogens with zero attached hydrogens (tertiary/aromatic N) is 1. The summed E-state index contributed by atoms with van der Waals surface area (Å²) in [6.45, 7) is 0. The topological polar surface area (TPSA) is 96.3 Å². The Balaban J connectivity index is 1.97. The molecule has 0 bridgehead atoms. The van der Waals surface area contributed by atoms with E-state index in [1.54, 1.807) is 42.5 Å². The summed E-state index contributed by atoms with van der Waals surface area (Å²) in [6, 6.07) is 16.5. The molecule has 4 rings (SSSR count). The summed E-state index contributed by atoms with van der Waals surface area (Å²) < 4.78 is 10.5. The second-order valence-corrected chi connectivity index (χ2v) is 7.69. The molecule has 0 saturated carbocycles. The summed E-state index contributed by atoms with van der Waals surface area (Å²) in [5.74, 6) is -1.46. The molecule has 0 aromatic heterocycles. The van der Waals surface area contributed by atoms with Crippen molar-refractivity contribution in [3.05, 3.63) is 88.5 Å². The minimum Gasteiger partial charge on any atom is -0.507 e. The maximum atomic E-state index is 13.2. The number of halogens is 1. The number of carbonyl (C=O) groups excluding carboxylic acids is 2. The third-order valence-corrected chi connectivity index (χ3v) is 5.72. The van der Waals surface area contributed by atoms with Crippen LogP contribution in [-0.2, 0) is 9.59 Å². The Labute approximate surface area is 195 Å². The molecule has 3 aromatic carbocycles. The predicted octanol–water partition coefficient (Wildman–Crippen LogP) is 4.69. The van der Waals surface area contributed by atoms with Crippen molar-refractivity contribution in [2.24, 2.45) is 0 Å². The number of phenols is 1. The Bertz CT molecular complexity index is 1290. The van der Waals surface area contributed by atoms with Gasteiger partial charge in [-0.15, -0.1) is 0 Å². The fourth-order valence-corrected chi connectivity index (χ4v) is 4.10. The van der Waals surface area contributed by atoms with E-state index >= 15 is 0 Å². The van der Waals surface area contributed by atoms with E-state index in [2.05, 4.69) is 0 Å². The number of hydrogen-bond donors (Lipinski definition) is 2. The number of methoxy groups -OCH3 is 2. The molecule has 1 aliphatic rings. The van der Waals surface area contributed by atoms with Crippen molar-refractivity contribution in [2.75, 3.05) is 19.1 Å². The molecule has 1 unspecified atom stereocenters. The van der Waals surface area contributed by atoms with Gasteiger partial charge in [-0.2, -0.15) is 0 Å². The maximum Gasteiger partial charge on any atom is 0.300 e. The highest BCUT2D eigenvalue weighted by atomic mass is 35.5. The van der Waals surface area contributed by atoms with Gasteiger partial charge in [0, 0.05) is 5.56 Å². The molecule has 1 amide bonds. The zero-order valence-electron chi connectivity index (χ0n) is 17.8. The first-order chi connectivity index (χ1) is 15.9. The van der Waals surface area contributed by atoms with Gasteiger partial charge in [-0.3, -0.25) is 14.5 Å². The molecule has 1 atom stereocenters. The molecule has 1 saturated heterocycles. The van der Waals surface area contributed by atoms with Gasteiger partial charge >= 0.3 is 0 Å². The molecule has 2 N–H and O–H groups in total. The van der Waals surface area contributed by atoms with Crippen molar-refractivity contribution in [3.8, 4) is 17.2 Å². The van der Waals surface area contributed by atoms with Crippen LogP contribution in [-0.4, -0.2) is 36.1 Å². The van der Waals surface area contributed by atoms with Gasteiger partial charge in [-0.05, 0) is 48.0 Å². The molecule has 0 aliphatic carbocycles. The third kappa shape index (κ3) is 3.87. The Morgan fingerprint density at radius 3 is 2.39 bits per heavy atom. The minimum atomic E-state index is -1.02. The molecule has 3 aromatic rings. The van der Waals surface area contributed by atoms with Crippen molar-refractivity contribution in [1.29, 1.82) is 0 Å². The lowest BCUT2D eigenvalue weighted by Gasteiger charge is -2.26. The minimum absolute atomic E-state index is 0.138. The standard InChI is InChI=1S/C25H20ClNO6/c1-32-16-7-5-6-14(12-16)22-21(23(29)15-10-11-20(33-2)17(26)13-15)24(30)25(31)27(22)18-8-3-4-9-19(18)28/h3-13,22,28-29H,1-2H3/b23-21-. The summed E-state index contributed by atoms with van der Waals surface area (Å²) >= 11 is 6.21. The van der Waals surface area contributed by atoms with E-state index < -0.39 is 23.5 Å². The molecule has 1 fully saturated rings. The first-order valence-corrected chi connectivity index (χ1v) is 10.3. The van der Waals surface area contributed by atoms with Crippen molar-refractivity contribution in [2.45, 2.75) is 6.04 Å². The fourth-order valence-electron chi connectivity index (χ4n) is 3.85. The molecule has 33 heavy (non-hydrogen) atoms. The number of aliphatic hydroxyl groups excluding tert-OH is 1. The van der Waals surface area contributed by atoms with E-state index in [0.29, 0.717) is 17.1 Å². The number of amides is 1. The van der Waals surface area contributed by atoms with E-state index in [-0.39, 0.29) is 27.6 Å². The second-order valence-electron chi connectivity index (χ2n) is 7.28. The molecular weight excluding hydrogens is 446 g/mol. The van der Waals surface area contributed by atoms with Gasteiger partial charge in [-0.1, -0.05) is 35.9 Å². The van der Waals surface area contributed by atoms with Crippen LogP contribution in [0.1, 0.15) is 17.2 Å². The van der Waals surface area contributed by atoms with Gasteiger partial charge < -0.3 is 19.7 Å². The van der Waals surface area contributed by atoms with Crippen molar-refractivity contribution >= 4 is 34.7 Å². The molecule has 168 valence electrons. The van der Waals surface area contributed by atoms with Gasteiger partial charge in [0.2, 0.25) is 0 Å². The van der Waals surface area contributed by atoms with E-state index in [4.69, 9.17) is 21.1 Å². The van der Waals surface area contributed by atoms with Crippen LogP contribution in [0.4, 0.5) is 5.69 Å². The molecule has 7 nitrogen and oxygen atoms in total. The fraction of sp³-hybridized carbons (Fsp3) is 0.120. The van der Waals surface area contributed by atoms with Gasteiger partial charge in [0.15, 0.2) is 0 Å². The number of anilines is 1. The van der Waals surface area contributed by atoms with Crippen LogP contribution in [0.25, 0.3) is 5.76 Å². The average molecular weight is 466 g/mol. The predicted molar refractivity (Wildman–Crippen MR) is 124 cm³/mol. The van der Waals surface area contributed by atoms with Crippen LogP contribution in [0, 0.1) is 0 Å². The lowest BCUT2D eigenvalue weighted by Crippen LogP contribution is -2.29. The van der Waals surface area contributed by atoms with Gasteiger partial charge in [0.1, 0.15) is 23.0 Å². The summed E-state index contributed by atoms with van der Waals surface area (Å²) in [5, 5.41) is 21.8. The van der Waals surface area contributed by atoms with Crippen molar-refractivity contribution < 1.29 is 29.3 Å². The van der Waals surface area contributed by atoms with Gasteiger partial charge in [-0.25, -0.2) is 0 Å². The third-order valence-electron chi connectivity index (χ3n) is 5.42. The number of Topliss-reactive ketones (excluding diaryl/α,β-unsaturated/α-hetero) is 1. The summed E-state index contributed by atoms with van der Waals surface area (Å²) in [5.41, 5.74) is 0.749. The number of ether oxygens (including phenoxy) is 2. The van der Waals surface area contributed by atoms with E-state index in [9.17, 15) is 19.8 Å². The SMILES string of the molecule is COc1cccc(C2/C(=C(/O)c3ccc(OC)c(Cl)c3)C(=O)C(=O)N2c2ccccc2O)c1. The number of rotatable bonds is 5. The second kappa shape index (κ2) is 8.88. The normalized spacial score (nSPS) is 17.3. The monoisotopic (exact) mass is 465 g/mol. The Morgan fingerprint density at radius 2 is 1.73 bits per heavy atom. The molecule has 1 aliphatic heterocycles. The Kier molecular flexibility index (Phi) is 5.98. The van der Waals surface area contributed by atoms with Crippen LogP contribution in [0.15, 0.2) is 72.3 Å². The summed E-state index contributed by atoms with van der Waals surface area (Å²) in [6.07, 6.45) is 0. The maximum absolute atomic E-state index is 13.2. The van der Waals surface area contributed by atoms with Crippen LogP contribution < -0.4 is 14.4 Å². The quantitative estimate of drug-likeness (QED) is 0.322. The first kappa shape index (κ1) is 22.2. The number of para-hydroxylation sites is 2. The highest BCUT2D eigenvalue weighted by Crippen LogP contribution is 2.45. The number of carbonyl (C=O) groups is 2. The molecular formula is C25H20ClNO6. The number of phenolic OH excluding ortho intramolecular Hbond substituents is 1. The molecule has 1 heterocycles. The van der Waals surface area contributed by atoms with Gasteiger partial charge in [0.25, 0.3) is 11.7 Å². The number of ketones is 1. The number of aliphatic hydroxyl groups is 1. The van der Waals surface area contributed by atoms with Crippen LogP contribution in [0.2, 0.25) is 5.02 Å². The molecule has 0 radical (unpaired) electrons. The van der Waals surface area contributed by atoms with Gasteiger partial charge in [0.05, 0.1) is 36.5 Å².